The summed E-state index contributed by atoms with van der Waals surface area (Å²) < 4.78 is 12.5. The van der Waals surface area contributed by atoms with Gasteiger partial charge in [0.1, 0.15) is 5.75 Å². The second-order valence-corrected chi connectivity index (χ2v) is 9.06. The van der Waals surface area contributed by atoms with Crippen LogP contribution in [-0.4, -0.2) is 66.5 Å². The first-order valence-electron chi connectivity index (χ1n) is 12.0. The summed E-state index contributed by atoms with van der Waals surface area (Å²) in [5.41, 5.74) is 1.78. The molecule has 2 aromatic carbocycles. The van der Waals surface area contributed by atoms with Crippen molar-refractivity contribution in [1.82, 2.24) is 14.4 Å². The molecule has 0 saturated carbocycles. The zero-order valence-electron chi connectivity index (χ0n) is 20.2. The van der Waals surface area contributed by atoms with Crippen molar-refractivity contribution in [2.75, 3.05) is 45.7 Å². The number of oxazole rings is 1. The maximum Gasteiger partial charge on any atom is 0.419 e. The number of amides is 2. The molecule has 186 valence electrons. The molecule has 1 aliphatic heterocycles. The van der Waals surface area contributed by atoms with Crippen LogP contribution in [0.2, 0.25) is 0 Å². The van der Waals surface area contributed by atoms with Crippen LogP contribution in [0.4, 0.5) is 5.69 Å². The monoisotopic (exact) mass is 480 g/mol. The third kappa shape index (κ3) is 6.30. The van der Waals surface area contributed by atoms with Crippen LogP contribution < -0.4 is 15.8 Å². The van der Waals surface area contributed by atoms with Gasteiger partial charge in [-0.1, -0.05) is 18.2 Å². The van der Waals surface area contributed by atoms with Crippen molar-refractivity contribution >= 4 is 28.6 Å². The number of benzene rings is 2. The molecule has 0 radical (unpaired) electrons. The quantitative estimate of drug-likeness (QED) is 0.506. The van der Waals surface area contributed by atoms with Crippen molar-refractivity contribution in [3.63, 3.8) is 0 Å². The normalized spacial score (nSPS) is 14.4. The molecule has 1 fully saturated rings. The first kappa shape index (κ1) is 24.5. The second-order valence-electron chi connectivity index (χ2n) is 9.06. The Morgan fingerprint density at radius 3 is 2.57 bits per heavy atom. The number of ether oxygens (including phenoxy) is 1. The minimum Gasteiger partial charge on any atom is -0.493 e. The number of anilines is 1. The van der Waals surface area contributed by atoms with Gasteiger partial charge < -0.3 is 24.3 Å². The predicted molar refractivity (Wildman–Crippen MR) is 134 cm³/mol. The Morgan fingerprint density at radius 1 is 1.11 bits per heavy atom. The predicted octanol–water partition coefficient (Wildman–Crippen LogP) is 2.80. The Morgan fingerprint density at radius 2 is 1.86 bits per heavy atom. The summed E-state index contributed by atoms with van der Waals surface area (Å²) in [6, 6.07) is 14.7. The smallest absolute Gasteiger partial charge is 0.419 e. The van der Waals surface area contributed by atoms with Crippen molar-refractivity contribution < 1.29 is 18.7 Å². The zero-order chi connectivity index (χ0) is 24.8. The molecule has 1 saturated heterocycles. The van der Waals surface area contributed by atoms with E-state index in [1.165, 1.54) is 0 Å². The van der Waals surface area contributed by atoms with E-state index in [9.17, 15) is 14.4 Å². The fourth-order valence-corrected chi connectivity index (χ4v) is 4.22. The number of piperidine rings is 1. The summed E-state index contributed by atoms with van der Waals surface area (Å²) in [6.07, 6.45) is 1.53. The summed E-state index contributed by atoms with van der Waals surface area (Å²) in [5, 5.41) is 2.97. The lowest BCUT2D eigenvalue weighted by molar-refractivity contribution is -0.135. The van der Waals surface area contributed by atoms with Gasteiger partial charge in [0.2, 0.25) is 11.8 Å². The molecule has 1 aromatic heterocycles. The second kappa shape index (κ2) is 11.2. The van der Waals surface area contributed by atoms with Gasteiger partial charge in [-0.2, -0.15) is 0 Å². The van der Waals surface area contributed by atoms with Crippen LogP contribution in [0, 0.1) is 5.92 Å². The number of fused-ring (bicyclic) bond motifs is 1. The molecule has 0 atom stereocenters. The number of likely N-dealkylation sites (tertiary alicyclic amines) is 1. The molecule has 1 aliphatic rings. The van der Waals surface area contributed by atoms with Crippen LogP contribution in [0.1, 0.15) is 19.3 Å². The number of hydrogen-bond donors (Lipinski definition) is 1. The first-order valence-corrected chi connectivity index (χ1v) is 12.0. The topological polar surface area (TPSA) is 97.0 Å². The molecule has 0 unspecified atom stereocenters. The molecule has 9 heteroatoms. The highest BCUT2D eigenvalue weighted by Gasteiger charge is 2.27. The van der Waals surface area contributed by atoms with E-state index < -0.39 is 5.76 Å². The third-order valence-corrected chi connectivity index (χ3v) is 6.25. The lowest BCUT2D eigenvalue weighted by atomic mass is 9.95. The Labute approximate surface area is 204 Å². The van der Waals surface area contributed by atoms with Crippen LogP contribution in [0.25, 0.3) is 11.1 Å². The van der Waals surface area contributed by atoms with Crippen molar-refractivity contribution in [1.29, 1.82) is 0 Å². The van der Waals surface area contributed by atoms with Gasteiger partial charge in [0.25, 0.3) is 0 Å². The number of rotatable bonds is 9. The highest BCUT2D eigenvalue weighted by molar-refractivity contribution is 5.94. The number of nitrogens with one attached hydrogen (secondary N) is 1. The van der Waals surface area contributed by atoms with E-state index in [1.807, 2.05) is 49.3 Å². The van der Waals surface area contributed by atoms with Crippen LogP contribution in [0.15, 0.2) is 57.7 Å². The molecule has 0 spiro atoms. The summed E-state index contributed by atoms with van der Waals surface area (Å²) in [6.45, 7) is 2.62. The lowest BCUT2D eigenvalue weighted by Crippen LogP contribution is -2.41. The molecule has 1 N–H and O–H groups in total. The molecule has 2 heterocycles. The number of likely N-dealkylation sites (N-methyl/N-ethyl adjacent to an activating group) is 1. The van der Waals surface area contributed by atoms with Gasteiger partial charge in [-0.05, 0) is 57.3 Å². The average Bonchev–Trinajstić information content (AvgIpc) is 3.17. The average molecular weight is 481 g/mol. The minimum atomic E-state index is -0.406. The fourth-order valence-electron chi connectivity index (χ4n) is 4.22. The Kier molecular flexibility index (Phi) is 7.87. The largest absolute Gasteiger partial charge is 0.493 e. The molecular formula is C26H32N4O5. The number of carbonyl (C=O) groups is 2. The Bertz CT molecular complexity index is 1210. The van der Waals surface area contributed by atoms with E-state index in [4.69, 9.17) is 9.15 Å². The van der Waals surface area contributed by atoms with Gasteiger partial charge in [-0.25, -0.2) is 4.79 Å². The summed E-state index contributed by atoms with van der Waals surface area (Å²) >= 11 is 0. The summed E-state index contributed by atoms with van der Waals surface area (Å²) in [5.74, 6) is 0.140. The van der Waals surface area contributed by atoms with Crippen molar-refractivity contribution in [2.45, 2.75) is 25.8 Å². The van der Waals surface area contributed by atoms with E-state index in [0.717, 1.165) is 5.75 Å². The van der Waals surface area contributed by atoms with Gasteiger partial charge in [0.15, 0.2) is 5.58 Å². The number of nitrogens with zero attached hydrogens (tertiary/aromatic N) is 3. The molecule has 0 aliphatic carbocycles. The lowest BCUT2D eigenvalue weighted by Gasteiger charge is -2.31. The summed E-state index contributed by atoms with van der Waals surface area (Å²) in [7, 11) is 3.88. The molecule has 4 rings (SSSR count). The zero-order valence-corrected chi connectivity index (χ0v) is 20.2. The van der Waals surface area contributed by atoms with Crippen LogP contribution in [0.5, 0.6) is 5.75 Å². The van der Waals surface area contributed by atoms with Gasteiger partial charge in [0.05, 0.1) is 18.5 Å². The van der Waals surface area contributed by atoms with E-state index in [-0.39, 0.29) is 17.7 Å². The number of hydrogen-bond acceptors (Lipinski definition) is 6. The minimum absolute atomic E-state index is 0.0425. The van der Waals surface area contributed by atoms with Crippen molar-refractivity contribution in [3.05, 3.63) is 59.1 Å². The maximum absolute atomic E-state index is 12.9. The molecule has 35 heavy (non-hydrogen) atoms. The summed E-state index contributed by atoms with van der Waals surface area (Å²) in [4.78, 5) is 41.4. The number of para-hydroxylation sites is 1. The molecule has 3 aromatic rings. The molecule has 9 nitrogen and oxygen atoms in total. The van der Waals surface area contributed by atoms with E-state index >= 15 is 0 Å². The van der Waals surface area contributed by atoms with E-state index in [1.54, 1.807) is 27.7 Å². The number of carbonyl (C=O) groups excluding carboxylic acids is 2. The molecular weight excluding hydrogens is 448 g/mol. The van der Waals surface area contributed by atoms with Crippen LogP contribution in [-0.2, 0) is 16.1 Å². The van der Waals surface area contributed by atoms with E-state index in [0.29, 0.717) is 68.8 Å². The van der Waals surface area contributed by atoms with Crippen molar-refractivity contribution in [3.8, 4) is 5.75 Å². The molecule has 0 bridgehead atoms. The maximum atomic E-state index is 12.9. The third-order valence-electron chi connectivity index (χ3n) is 6.25. The first-order chi connectivity index (χ1) is 16.9. The van der Waals surface area contributed by atoms with Gasteiger partial charge in [-0.3, -0.25) is 14.2 Å². The highest BCUT2D eigenvalue weighted by Crippen LogP contribution is 2.23. The van der Waals surface area contributed by atoms with Gasteiger partial charge >= 0.3 is 5.76 Å². The van der Waals surface area contributed by atoms with Crippen LogP contribution in [0.3, 0.4) is 0 Å². The van der Waals surface area contributed by atoms with Gasteiger partial charge in [-0.15, -0.1) is 0 Å². The fraction of sp³-hybridized carbons (Fsp3) is 0.423. The van der Waals surface area contributed by atoms with E-state index in [2.05, 4.69) is 5.32 Å². The Hall–Kier alpha value is -3.59. The highest BCUT2D eigenvalue weighted by atomic mass is 16.5. The standard InChI is InChI=1S/C26H32N4O5/c1-28(2)15-16-30-22-18-20(8-9-23(22)35-26(30)33)27-25(32)19-10-13-29(14-11-19)24(31)12-17-34-21-6-4-3-5-7-21/h3-9,18-19H,10-17H2,1-2H3,(H,27,32). The van der Waals surface area contributed by atoms with Crippen LogP contribution >= 0.6 is 0 Å². The number of aromatic nitrogens is 1. The van der Waals surface area contributed by atoms with Crippen molar-refractivity contribution in [2.24, 2.45) is 5.92 Å². The SMILES string of the molecule is CN(C)CCn1c(=O)oc2ccc(NC(=O)C3CCN(C(=O)CCOc4ccccc4)CC3)cc21. The Balaban J connectivity index is 1.28. The molecule has 2 amide bonds. The van der Waals surface area contributed by atoms with Gasteiger partial charge in [0, 0.05) is 37.8 Å².